The van der Waals surface area contributed by atoms with Crippen molar-refractivity contribution in [3.8, 4) is 0 Å². The first-order valence-electron chi connectivity index (χ1n) is 16.6. The maximum Gasteiger partial charge on any atom is 0.222 e. The van der Waals surface area contributed by atoms with Gasteiger partial charge in [-0.1, -0.05) is 44.5 Å². The number of halogens is 1. The van der Waals surface area contributed by atoms with E-state index in [9.17, 15) is 20.1 Å². The number of amides is 1. The molecule has 5 fully saturated rings. The number of carbonyl (C=O) groups is 1. The number of aliphatic hydroxyl groups excluding tert-OH is 2. The average Bonchev–Trinajstić information content (AvgIpc) is 3.32. The molecule has 4 saturated carbocycles. The molecule has 1 amide bonds. The first-order valence-corrected chi connectivity index (χ1v) is 17.0. The first kappa shape index (κ1) is 29.9. The molecule has 0 unspecified atom stereocenters. The summed E-state index contributed by atoms with van der Waals surface area (Å²) in [5.74, 6) is 3.47. The maximum atomic E-state index is 13.3. The first-order chi connectivity index (χ1) is 19.5. The van der Waals surface area contributed by atoms with Crippen molar-refractivity contribution in [3.05, 3.63) is 34.9 Å². The summed E-state index contributed by atoms with van der Waals surface area (Å²) in [6, 6.07) is 7.42. The Bertz CT molecular complexity index is 1100. The van der Waals surface area contributed by atoms with Crippen LogP contribution in [0.5, 0.6) is 0 Å². The van der Waals surface area contributed by atoms with E-state index >= 15 is 0 Å². The number of likely N-dealkylation sites (tertiary alicyclic amines) is 1. The van der Waals surface area contributed by atoms with Crippen LogP contribution < -0.4 is 0 Å². The lowest BCUT2D eigenvalue weighted by Crippen LogP contribution is -2.58. The predicted molar refractivity (Wildman–Crippen MR) is 162 cm³/mol. The molecule has 10 atom stereocenters. The highest BCUT2D eigenvalue weighted by Gasteiger charge is 2.63. The molecule has 1 aromatic carbocycles. The van der Waals surface area contributed by atoms with E-state index in [0.717, 1.165) is 44.1 Å². The van der Waals surface area contributed by atoms with Crippen molar-refractivity contribution in [2.24, 2.45) is 46.3 Å². The second kappa shape index (κ2) is 11.1. The van der Waals surface area contributed by atoms with Crippen LogP contribution in [0, 0.1) is 46.3 Å². The molecule has 6 heteroatoms. The fourth-order valence-electron chi connectivity index (χ4n) is 11.0. The van der Waals surface area contributed by atoms with Crippen molar-refractivity contribution in [1.29, 1.82) is 0 Å². The highest BCUT2D eigenvalue weighted by Crippen LogP contribution is 2.68. The highest BCUT2D eigenvalue weighted by molar-refractivity contribution is 6.30. The zero-order valence-corrected chi connectivity index (χ0v) is 26.2. The van der Waals surface area contributed by atoms with Gasteiger partial charge in [-0.25, -0.2) is 0 Å². The molecule has 5 aliphatic rings. The fourth-order valence-corrected chi connectivity index (χ4v) is 11.2. The molecule has 41 heavy (non-hydrogen) atoms. The number of rotatable bonds is 5. The minimum atomic E-state index is -0.898. The van der Waals surface area contributed by atoms with Gasteiger partial charge in [0.05, 0.1) is 17.8 Å². The Morgan fingerprint density at radius 3 is 2.39 bits per heavy atom. The lowest BCUT2D eigenvalue weighted by Gasteiger charge is -2.62. The molecule has 0 aromatic heterocycles. The van der Waals surface area contributed by atoms with Gasteiger partial charge < -0.3 is 20.2 Å². The van der Waals surface area contributed by atoms with Gasteiger partial charge in [0.1, 0.15) is 0 Å². The van der Waals surface area contributed by atoms with Crippen LogP contribution in [-0.2, 0) is 10.4 Å². The molecule has 1 aliphatic heterocycles. The molecule has 6 rings (SSSR count). The van der Waals surface area contributed by atoms with E-state index in [2.05, 4.69) is 20.8 Å². The number of nitrogens with zero attached hydrogens (tertiary/aromatic N) is 1. The zero-order chi connectivity index (χ0) is 29.2. The van der Waals surface area contributed by atoms with Gasteiger partial charge in [0.15, 0.2) is 0 Å². The summed E-state index contributed by atoms with van der Waals surface area (Å²) < 4.78 is 0. The average molecular weight is 586 g/mol. The van der Waals surface area contributed by atoms with Crippen LogP contribution in [-0.4, -0.2) is 51.4 Å². The molecule has 1 aromatic rings. The van der Waals surface area contributed by atoms with E-state index in [1.165, 1.54) is 19.3 Å². The Labute approximate surface area is 252 Å². The molecule has 0 radical (unpaired) electrons. The van der Waals surface area contributed by atoms with Gasteiger partial charge in [0.25, 0.3) is 0 Å². The number of piperidine rings is 1. The van der Waals surface area contributed by atoms with Crippen LogP contribution in [0.15, 0.2) is 24.3 Å². The number of benzene rings is 1. The minimum Gasteiger partial charge on any atom is -0.393 e. The summed E-state index contributed by atoms with van der Waals surface area (Å²) in [5, 5.41) is 34.1. The molecule has 0 bridgehead atoms. The fraction of sp³-hybridized carbons (Fsp3) is 0.800. The second-order valence-corrected chi connectivity index (χ2v) is 15.8. The van der Waals surface area contributed by atoms with E-state index in [4.69, 9.17) is 11.6 Å². The Morgan fingerprint density at radius 2 is 1.68 bits per heavy atom. The van der Waals surface area contributed by atoms with Gasteiger partial charge in [0.2, 0.25) is 5.91 Å². The quantitative estimate of drug-likeness (QED) is 0.366. The van der Waals surface area contributed by atoms with Crippen LogP contribution in [0.25, 0.3) is 0 Å². The smallest absolute Gasteiger partial charge is 0.222 e. The molecule has 0 spiro atoms. The van der Waals surface area contributed by atoms with Crippen LogP contribution >= 0.6 is 11.6 Å². The van der Waals surface area contributed by atoms with Gasteiger partial charge in [-0.05, 0) is 135 Å². The van der Waals surface area contributed by atoms with Gasteiger partial charge in [-0.15, -0.1) is 0 Å². The molecular weight excluding hydrogens is 534 g/mol. The van der Waals surface area contributed by atoms with Crippen LogP contribution in [0.1, 0.15) is 103 Å². The van der Waals surface area contributed by atoms with Crippen molar-refractivity contribution in [2.75, 3.05) is 13.1 Å². The SMILES string of the molecule is C[C@H](CCC(=O)N1CCC(O)(c2ccc(Cl)cc2)CC1)[C@H]1CC[C@H]2[C@@H]3CC[C@@H]4C[C@H](O)CC[C@]4(C)[C@H]3C[C@H](O)[C@]12C. The Kier molecular flexibility index (Phi) is 8.09. The topological polar surface area (TPSA) is 81.0 Å². The normalized spacial score (nSPS) is 42.6. The van der Waals surface area contributed by atoms with E-state index in [-0.39, 0.29) is 28.9 Å². The molecule has 3 N–H and O–H groups in total. The molecule has 5 nitrogen and oxygen atoms in total. The van der Waals surface area contributed by atoms with Gasteiger partial charge >= 0.3 is 0 Å². The summed E-state index contributed by atoms with van der Waals surface area (Å²) >= 11 is 6.03. The van der Waals surface area contributed by atoms with E-state index < -0.39 is 5.60 Å². The van der Waals surface area contributed by atoms with E-state index in [1.54, 1.807) is 0 Å². The Balaban J connectivity index is 1.06. The van der Waals surface area contributed by atoms with E-state index in [0.29, 0.717) is 72.9 Å². The zero-order valence-electron chi connectivity index (χ0n) is 25.4. The van der Waals surface area contributed by atoms with Crippen molar-refractivity contribution >= 4 is 17.5 Å². The van der Waals surface area contributed by atoms with Crippen molar-refractivity contribution in [1.82, 2.24) is 4.90 Å². The third-order valence-corrected chi connectivity index (χ3v) is 13.9. The van der Waals surface area contributed by atoms with Gasteiger partial charge in [0, 0.05) is 24.5 Å². The van der Waals surface area contributed by atoms with Gasteiger partial charge in [-0.3, -0.25) is 4.79 Å². The molecule has 1 saturated heterocycles. The lowest BCUT2D eigenvalue weighted by molar-refractivity contribution is -0.175. The standard InChI is InChI=1S/C35H52ClNO4/c1-22(4-13-32(40)37-18-16-35(41,17-19-37)23-5-8-25(36)9-6-23)28-11-12-29-27-10-7-24-20-26(38)14-15-33(24,2)30(27)21-31(39)34(28,29)3/h5-6,8-9,22,24,26-31,38-39,41H,4,7,10-21H2,1-3H3/t22-,24-,26-,27+,28-,29+,30+,31+,33+,34-/m1/s1. The second-order valence-electron chi connectivity index (χ2n) is 15.3. The maximum absolute atomic E-state index is 13.3. The summed E-state index contributed by atoms with van der Waals surface area (Å²) in [4.78, 5) is 15.2. The van der Waals surface area contributed by atoms with Crippen LogP contribution in [0.3, 0.4) is 0 Å². The largest absolute Gasteiger partial charge is 0.393 e. The van der Waals surface area contributed by atoms with E-state index in [1.807, 2.05) is 29.2 Å². The number of hydrogen-bond donors (Lipinski definition) is 3. The Morgan fingerprint density at radius 1 is 0.976 bits per heavy atom. The molecule has 1 heterocycles. The lowest BCUT2D eigenvalue weighted by atomic mass is 9.43. The third kappa shape index (κ3) is 5.09. The highest BCUT2D eigenvalue weighted by atomic mass is 35.5. The predicted octanol–water partition coefficient (Wildman–Crippen LogP) is 6.56. The van der Waals surface area contributed by atoms with Crippen molar-refractivity contribution in [2.45, 2.75) is 116 Å². The summed E-state index contributed by atoms with van der Waals surface area (Å²) in [6.45, 7) is 8.34. The number of fused-ring (bicyclic) bond motifs is 5. The van der Waals surface area contributed by atoms with Crippen LogP contribution in [0.4, 0.5) is 0 Å². The molecule has 228 valence electrons. The summed E-state index contributed by atoms with van der Waals surface area (Å²) in [6.07, 6.45) is 10.8. The molecule has 4 aliphatic carbocycles. The number of carbonyl (C=O) groups excluding carboxylic acids is 1. The molecular formula is C35H52ClNO4. The number of hydrogen-bond acceptors (Lipinski definition) is 4. The summed E-state index contributed by atoms with van der Waals surface area (Å²) in [7, 11) is 0. The van der Waals surface area contributed by atoms with Crippen molar-refractivity contribution in [3.63, 3.8) is 0 Å². The van der Waals surface area contributed by atoms with Gasteiger partial charge in [-0.2, -0.15) is 0 Å². The summed E-state index contributed by atoms with van der Waals surface area (Å²) in [5.41, 5.74) is 0.171. The monoisotopic (exact) mass is 585 g/mol. The number of aliphatic hydroxyl groups is 3. The van der Waals surface area contributed by atoms with Crippen molar-refractivity contribution < 1.29 is 20.1 Å². The third-order valence-electron chi connectivity index (χ3n) is 13.6. The van der Waals surface area contributed by atoms with Crippen LogP contribution in [0.2, 0.25) is 5.02 Å². The minimum absolute atomic E-state index is 0.0683. The Hall–Kier alpha value is -1.14.